The van der Waals surface area contributed by atoms with Crippen LogP contribution in [0.15, 0.2) is 60.8 Å². The summed E-state index contributed by atoms with van der Waals surface area (Å²) in [6.45, 7) is 0. The van der Waals surface area contributed by atoms with Crippen LogP contribution in [0.1, 0.15) is 24.0 Å². The molecule has 0 saturated carbocycles. The van der Waals surface area contributed by atoms with Gasteiger partial charge in [-0.2, -0.15) is 12.6 Å². The summed E-state index contributed by atoms with van der Waals surface area (Å²) >= 11 is 4.33. The fourth-order valence-electron chi connectivity index (χ4n) is 3.73. The summed E-state index contributed by atoms with van der Waals surface area (Å²) in [7, 11) is 0. The molecule has 1 aromatic heterocycles. The maximum atomic E-state index is 13.0. The third-order valence-electron chi connectivity index (χ3n) is 5.57. The monoisotopic (exact) mass is 497 g/mol. The highest BCUT2D eigenvalue weighted by atomic mass is 32.1. The van der Waals surface area contributed by atoms with E-state index in [1.165, 1.54) is 0 Å². The molecule has 1 heterocycles. The van der Waals surface area contributed by atoms with Gasteiger partial charge in [0, 0.05) is 29.9 Å². The number of carbonyl (C=O) groups is 4. The van der Waals surface area contributed by atoms with Gasteiger partial charge in [-0.25, -0.2) is 4.79 Å². The fraction of sp³-hybridized carbons (Fsp3) is 0.280. The zero-order valence-electron chi connectivity index (χ0n) is 18.8. The molecule has 5 N–H and O–H groups in total. The maximum Gasteiger partial charge on any atom is 0.326 e. The molecule has 2 amide bonds. The number of fused-ring (bicyclic) bond motifs is 1. The van der Waals surface area contributed by atoms with E-state index in [4.69, 9.17) is 5.11 Å². The summed E-state index contributed by atoms with van der Waals surface area (Å²) in [6.07, 6.45) is 1.42. The van der Waals surface area contributed by atoms with Crippen molar-refractivity contribution in [3.63, 3.8) is 0 Å². The number of nitrogens with one attached hydrogen (secondary N) is 3. The number of thiol groups is 1. The van der Waals surface area contributed by atoms with Gasteiger partial charge in [0.1, 0.15) is 12.1 Å². The molecule has 0 saturated heterocycles. The van der Waals surface area contributed by atoms with Crippen LogP contribution < -0.4 is 10.6 Å². The van der Waals surface area contributed by atoms with Crippen LogP contribution in [0.5, 0.6) is 0 Å². The molecule has 0 radical (unpaired) electrons. The molecule has 0 aliphatic carbocycles. The number of aromatic nitrogens is 1. The second-order valence-electron chi connectivity index (χ2n) is 8.16. The van der Waals surface area contributed by atoms with Gasteiger partial charge >= 0.3 is 11.9 Å². The fourth-order valence-corrected chi connectivity index (χ4v) is 4.01. The van der Waals surface area contributed by atoms with E-state index in [0.717, 1.165) is 16.5 Å². The zero-order valence-corrected chi connectivity index (χ0v) is 19.7. The van der Waals surface area contributed by atoms with Gasteiger partial charge in [0.05, 0.1) is 5.25 Å². The topological polar surface area (TPSA) is 149 Å². The Morgan fingerprint density at radius 1 is 0.857 bits per heavy atom. The summed E-state index contributed by atoms with van der Waals surface area (Å²) in [4.78, 5) is 51.7. The van der Waals surface area contributed by atoms with Gasteiger partial charge in [-0.3, -0.25) is 14.4 Å². The Balaban J connectivity index is 1.69. The van der Waals surface area contributed by atoms with E-state index < -0.39 is 41.1 Å². The molecule has 9 nitrogen and oxygen atoms in total. The largest absolute Gasteiger partial charge is 0.481 e. The highest BCUT2D eigenvalue weighted by Gasteiger charge is 2.29. The molecule has 0 bridgehead atoms. The Morgan fingerprint density at radius 3 is 2.20 bits per heavy atom. The molecule has 10 heteroatoms. The van der Waals surface area contributed by atoms with Crippen LogP contribution in [0.4, 0.5) is 0 Å². The Morgan fingerprint density at radius 2 is 1.51 bits per heavy atom. The lowest BCUT2D eigenvalue weighted by molar-refractivity contribution is -0.142. The Hall–Kier alpha value is -3.79. The first-order chi connectivity index (χ1) is 16.7. The number of hydrogen-bond donors (Lipinski definition) is 6. The van der Waals surface area contributed by atoms with Crippen LogP contribution in [0.25, 0.3) is 10.9 Å². The molecular weight excluding hydrogens is 470 g/mol. The van der Waals surface area contributed by atoms with E-state index in [1.807, 2.05) is 54.6 Å². The molecule has 3 aromatic rings. The predicted molar refractivity (Wildman–Crippen MR) is 133 cm³/mol. The molecule has 184 valence electrons. The molecule has 0 spiro atoms. The highest BCUT2D eigenvalue weighted by Crippen LogP contribution is 2.19. The number of carbonyl (C=O) groups excluding carboxylic acids is 2. The molecular formula is C25H27N3O6S. The number of aromatic amines is 1. The van der Waals surface area contributed by atoms with Gasteiger partial charge in [0.15, 0.2) is 0 Å². The first-order valence-corrected chi connectivity index (χ1v) is 11.6. The number of H-pyrrole nitrogens is 1. The van der Waals surface area contributed by atoms with E-state index in [1.54, 1.807) is 6.20 Å². The number of hydrogen-bond acceptors (Lipinski definition) is 5. The summed E-state index contributed by atoms with van der Waals surface area (Å²) in [5, 5.41) is 23.8. The first-order valence-electron chi connectivity index (χ1n) is 11.1. The van der Waals surface area contributed by atoms with E-state index >= 15 is 0 Å². The number of carboxylic acids is 2. The third-order valence-corrected chi connectivity index (χ3v) is 5.99. The minimum Gasteiger partial charge on any atom is -0.481 e. The van der Waals surface area contributed by atoms with Crippen LogP contribution in [0.2, 0.25) is 0 Å². The number of benzene rings is 2. The van der Waals surface area contributed by atoms with E-state index in [0.29, 0.717) is 12.0 Å². The second-order valence-corrected chi connectivity index (χ2v) is 8.79. The second kappa shape index (κ2) is 12.1. The lowest BCUT2D eigenvalue weighted by Crippen LogP contribution is -2.53. The quantitative estimate of drug-likeness (QED) is 0.211. The summed E-state index contributed by atoms with van der Waals surface area (Å²) in [6, 6.07) is 14.1. The average molecular weight is 498 g/mol. The van der Waals surface area contributed by atoms with Crippen molar-refractivity contribution in [2.45, 2.75) is 43.0 Å². The van der Waals surface area contributed by atoms with Gasteiger partial charge < -0.3 is 25.8 Å². The molecule has 2 aromatic carbocycles. The van der Waals surface area contributed by atoms with Crippen molar-refractivity contribution in [3.8, 4) is 0 Å². The average Bonchev–Trinajstić information content (AvgIpc) is 3.24. The minimum atomic E-state index is -1.28. The molecule has 0 aliphatic heterocycles. The van der Waals surface area contributed by atoms with Gasteiger partial charge in [0.25, 0.3) is 0 Å². The number of aliphatic carboxylic acids is 2. The minimum absolute atomic E-state index is 0.00782. The molecule has 3 atom stereocenters. The van der Waals surface area contributed by atoms with Crippen LogP contribution >= 0.6 is 12.6 Å². The van der Waals surface area contributed by atoms with Gasteiger partial charge in [-0.15, -0.1) is 0 Å². The smallest absolute Gasteiger partial charge is 0.326 e. The Kier molecular flexibility index (Phi) is 8.91. The van der Waals surface area contributed by atoms with Gasteiger partial charge in [-0.05, 0) is 30.0 Å². The molecule has 0 fully saturated rings. The van der Waals surface area contributed by atoms with Crippen molar-refractivity contribution in [2.75, 3.05) is 0 Å². The van der Waals surface area contributed by atoms with Crippen molar-refractivity contribution in [2.24, 2.45) is 0 Å². The normalized spacial score (nSPS) is 13.5. The van der Waals surface area contributed by atoms with Crippen LogP contribution in [-0.4, -0.2) is 56.3 Å². The summed E-state index contributed by atoms with van der Waals surface area (Å²) in [5.41, 5.74) is 2.42. The van der Waals surface area contributed by atoms with E-state index in [-0.39, 0.29) is 19.3 Å². The van der Waals surface area contributed by atoms with Crippen molar-refractivity contribution in [1.29, 1.82) is 0 Å². The Bertz CT molecular complexity index is 1200. The van der Waals surface area contributed by atoms with E-state index in [9.17, 15) is 24.3 Å². The molecule has 0 aliphatic rings. The van der Waals surface area contributed by atoms with Crippen LogP contribution in [0.3, 0.4) is 0 Å². The number of para-hydroxylation sites is 1. The zero-order chi connectivity index (χ0) is 25.4. The predicted octanol–water partition coefficient (Wildman–Crippen LogP) is 2.17. The lowest BCUT2D eigenvalue weighted by atomic mass is 10.0. The maximum absolute atomic E-state index is 13.0. The molecule has 35 heavy (non-hydrogen) atoms. The molecule has 3 unspecified atom stereocenters. The van der Waals surface area contributed by atoms with E-state index in [2.05, 4.69) is 28.2 Å². The summed E-state index contributed by atoms with van der Waals surface area (Å²) < 4.78 is 0. The number of rotatable bonds is 12. The third kappa shape index (κ3) is 7.35. The summed E-state index contributed by atoms with van der Waals surface area (Å²) in [5.74, 6) is -3.71. The Labute approximate surface area is 207 Å². The van der Waals surface area contributed by atoms with Gasteiger partial charge in [0.2, 0.25) is 11.8 Å². The SMILES string of the molecule is O=C(O)CCC(NC(=O)C(S)Cc1ccccc1)C(=O)NC(Cc1c[nH]c2ccccc12)C(=O)O. The van der Waals surface area contributed by atoms with Crippen molar-refractivity contribution < 1.29 is 29.4 Å². The van der Waals surface area contributed by atoms with Crippen LogP contribution in [-0.2, 0) is 32.0 Å². The first kappa shape index (κ1) is 25.8. The van der Waals surface area contributed by atoms with Crippen molar-refractivity contribution in [1.82, 2.24) is 15.6 Å². The number of amides is 2. The van der Waals surface area contributed by atoms with Gasteiger partial charge in [-0.1, -0.05) is 48.5 Å². The highest BCUT2D eigenvalue weighted by molar-refractivity contribution is 7.81. The van der Waals surface area contributed by atoms with Crippen molar-refractivity contribution >= 4 is 47.3 Å². The lowest BCUT2D eigenvalue weighted by Gasteiger charge is -2.22. The number of carboxylic acid groups (broad SMARTS) is 2. The van der Waals surface area contributed by atoms with Crippen molar-refractivity contribution in [3.05, 3.63) is 71.9 Å². The molecule has 3 rings (SSSR count). The van der Waals surface area contributed by atoms with Crippen LogP contribution in [0, 0.1) is 0 Å². The standard InChI is InChI=1S/C25H27N3O6S/c29-22(30)11-10-19(27-24(32)21(35)12-15-6-2-1-3-7-15)23(31)28-20(25(33)34)13-16-14-26-18-9-5-4-8-17(16)18/h1-9,14,19-21,26,35H,10-13H2,(H,27,32)(H,28,31)(H,29,30)(H,33,34).